The number of phenols is 2. The van der Waals surface area contributed by atoms with E-state index in [-0.39, 0.29) is 28.4 Å². The van der Waals surface area contributed by atoms with Gasteiger partial charge in [0.2, 0.25) is 0 Å². The number of esters is 1. The number of benzene rings is 2. The summed E-state index contributed by atoms with van der Waals surface area (Å²) in [5.41, 5.74) is -0.0996. The second-order valence-electron chi connectivity index (χ2n) is 3.92. The summed E-state index contributed by atoms with van der Waals surface area (Å²) in [6, 6.07) is 8.64. The third-order valence-electron chi connectivity index (χ3n) is 2.50. The number of phenolic OH excluding ortho intramolecular Hbond substituents is 2. The second-order valence-corrected chi connectivity index (χ2v) is 3.92. The Balaban J connectivity index is 2.29. The zero-order valence-electron chi connectivity index (χ0n) is 10.1. The lowest BCUT2D eigenvalue weighted by molar-refractivity contribution is 0.0681. The first-order valence-electron chi connectivity index (χ1n) is 5.55. The topological polar surface area (TPSA) is 104 Å². The predicted octanol–water partition coefficient (Wildman–Crippen LogP) is 2.02. The van der Waals surface area contributed by atoms with Crippen molar-refractivity contribution in [3.05, 3.63) is 53.6 Å². The van der Waals surface area contributed by atoms with E-state index in [1.165, 1.54) is 30.3 Å². The van der Waals surface area contributed by atoms with Gasteiger partial charge in [0, 0.05) is 6.07 Å². The van der Waals surface area contributed by atoms with Gasteiger partial charge in [0.1, 0.15) is 22.8 Å². The van der Waals surface area contributed by atoms with E-state index in [2.05, 4.69) is 0 Å². The average Bonchev–Trinajstić information content (AvgIpc) is 2.39. The van der Waals surface area contributed by atoms with Crippen molar-refractivity contribution in [3.8, 4) is 17.2 Å². The number of ether oxygens (including phenoxy) is 1. The summed E-state index contributed by atoms with van der Waals surface area (Å²) in [6.45, 7) is 0. The molecule has 0 saturated carbocycles. The second kappa shape index (κ2) is 5.31. The third kappa shape index (κ3) is 2.86. The van der Waals surface area contributed by atoms with E-state index in [9.17, 15) is 14.7 Å². The number of aromatic hydroxyl groups is 2. The van der Waals surface area contributed by atoms with E-state index in [0.29, 0.717) is 0 Å². The molecular weight excluding hydrogens is 264 g/mol. The molecule has 0 aliphatic rings. The van der Waals surface area contributed by atoms with Crippen LogP contribution in [0.5, 0.6) is 17.2 Å². The SMILES string of the molecule is O=C(Oc1cc(O)ccc1C(=O)O)c1ccc(O)cc1. The Bertz CT molecular complexity index is 660. The highest BCUT2D eigenvalue weighted by Crippen LogP contribution is 2.25. The molecule has 20 heavy (non-hydrogen) atoms. The molecule has 0 unspecified atom stereocenters. The van der Waals surface area contributed by atoms with Crippen LogP contribution in [-0.2, 0) is 0 Å². The Labute approximate surface area is 113 Å². The van der Waals surface area contributed by atoms with Crippen molar-refractivity contribution in [2.45, 2.75) is 0 Å². The van der Waals surface area contributed by atoms with Crippen LogP contribution in [0.25, 0.3) is 0 Å². The fraction of sp³-hybridized carbons (Fsp3) is 0. The van der Waals surface area contributed by atoms with Gasteiger partial charge in [-0.05, 0) is 36.4 Å². The highest BCUT2D eigenvalue weighted by molar-refractivity contribution is 5.95. The zero-order chi connectivity index (χ0) is 14.7. The van der Waals surface area contributed by atoms with Crippen LogP contribution >= 0.6 is 0 Å². The molecule has 0 atom stereocenters. The zero-order valence-corrected chi connectivity index (χ0v) is 10.1. The number of carbonyl (C=O) groups excluding carboxylic acids is 1. The van der Waals surface area contributed by atoms with E-state index < -0.39 is 11.9 Å². The maximum absolute atomic E-state index is 11.8. The lowest BCUT2D eigenvalue weighted by Crippen LogP contribution is -2.11. The number of aromatic carboxylic acids is 1. The average molecular weight is 274 g/mol. The van der Waals surface area contributed by atoms with Crippen molar-refractivity contribution in [1.82, 2.24) is 0 Å². The summed E-state index contributed by atoms with van der Waals surface area (Å²) in [4.78, 5) is 22.8. The van der Waals surface area contributed by atoms with Gasteiger partial charge in [-0.25, -0.2) is 9.59 Å². The fourth-order valence-electron chi connectivity index (χ4n) is 1.53. The van der Waals surface area contributed by atoms with Crippen molar-refractivity contribution in [1.29, 1.82) is 0 Å². The maximum atomic E-state index is 11.8. The molecule has 0 radical (unpaired) electrons. The maximum Gasteiger partial charge on any atom is 0.343 e. The monoisotopic (exact) mass is 274 g/mol. The van der Waals surface area contributed by atoms with Gasteiger partial charge in [-0.15, -0.1) is 0 Å². The Hall–Kier alpha value is -3.02. The number of carboxylic acid groups (broad SMARTS) is 1. The van der Waals surface area contributed by atoms with E-state index in [1.807, 2.05) is 0 Å². The molecule has 2 rings (SSSR count). The number of rotatable bonds is 3. The Morgan fingerprint density at radius 3 is 2.10 bits per heavy atom. The van der Waals surface area contributed by atoms with Crippen molar-refractivity contribution in [3.63, 3.8) is 0 Å². The van der Waals surface area contributed by atoms with Crippen LogP contribution in [0.4, 0.5) is 0 Å². The highest BCUT2D eigenvalue weighted by Gasteiger charge is 2.16. The molecule has 3 N–H and O–H groups in total. The normalized spacial score (nSPS) is 10.0. The quantitative estimate of drug-likeness (QED) is 0.584. The number of hydrogen-bond acceptors (Lipinski definition) is 5. The minimum Gasteiger partial charge on any atom is -0.508 e. The van der Waals surface area contributed by atoms with Crippen LogP contribution in [0, 0.1) is 0 Å². The van der Waals surface area contributed by atoms with Gasteiger partial charge >= 0.3 is 11.9 Å². The van der Waals surface area contributed by atoms with Crippen LogP contribution in [-0.4, -0.2) is 27.3 Å². The van der Waals surface area contributed by atoms with Gasteiger partial charge in [-0.1, -0.05) is 0 Å². The number of hydrogen-bond donors (Lipinski definition) is 3. The molecule has 0 aliphatic heterocycles. The van der Waals surface area contributed by atoms with Gasteiger partial charge in [0.15, 0.2) is 0 Å². The minimum absolute atomic E-state index is 0.00914. The van der Waals surface area contributed by atoms with Crippen molar-refractivity contribution in [2.75, 3.05) is 0 Å². The smallest absolute Gasteiger partial charge is 0.343 e. The molecule has 0 bridgehead atoms. The molecule has 0 heterocycles. The molecule has 0 aromatic heterocycles. The number of carboxylic acids is 1. The molecule has 2 aromatic rings. The fourth-order valence-corrected chi connectivity index (χ4v) is 1.53. The largest absolute Gasteiger partial charge is 0.508 e. The highest BCUT2D eigenvalue weighted by atomic mass is 16.5. The molecule has 102 valence electrons. The molecule has 2 aromatic carbocycles. The van der Waals surface area contributed by atoms with Crippen molar-refractivity contribution < 1.29 is 29.6 Å². The standard InChI is InChI=1S/C14H10O6/c15-9-3-1-8(2-4-9)14(19)20-12-7-10(16)5-6-11(12)13(17)18/h1-7,15-16H,(H,17,18). The summed E-state index contributed by atoms with van der Waals surface area (Å²) in [5, 5.41) is 27.4. The molecule has 6 nitrogen and oxygen atoms in total. The minimum atomic E-state index is -1.28. The van der Waals surface area contributed by atoms with E-state index in [4.69, 9.17) is 14.9 Å². The molecule has 0 amide bonds. The van der Waals surface area contributed by atoms with E-state index in [1.54, 1.807) is 0 Å². The molecule has 0 spiro atoms. The summed E-state index contributed by atoms with van der Waals surface area (Å²) in [5.74, 6) is -2.55. The summed E-state index contributed by atoms with van der Waals surface area (Å²) < 4.78 is 4.95. The van der Waals surface area contributed by atoms with Gasteiger partial charge in [0.25, 0.3) is 0 Å². The Morgan fingerprint density at radius 1 is 0.900 bits per heavy atom. The number of carbonyl (C=O) groups is 2. The van der Waals surface area contributed by atoms with Crippen LogP contribution in [0.3, 0.4) is 0 Å². The van der Waals surface area contributed by atoms with Crippen molar-refractivity contribution in [2.24, 2.45) is 0 Å². The first-order chi connectivity index (χ1) is 9.47. The van der Waals surface area contributed by atoms with Crippen LogP contribution in [0.15, 0.2) is 42.5 Å². The van der Waals surface area contributed by atoms with E-state index >= 15 is 0 Å². The summed E-state index contributed by atoms with van der Waals surface area (Å²) in [7, 11) is 0. The van der Waals surface area contributed by atoms with Crippen LogP contribution in [0.2, 0.25) is 0 Å². The molecule has 0 saturated heterocycles. The molecule has 6 heteroatoms. The lowest BCUT2D eigenvalue weighted by Gasteiger charge is -2.08. The molecule has 0 aliphatic carbocycles. The first kappa shape index (κ1) is 13.4. The first-order valence-corrected chi connectivity index (χ1v) is 5.55. The van der Waals surface area contributed by atoms with Gasteiger partial charge in [-0.3, -0.25) is 0 Å². The third-order valence-corrected chi connectivity index (χ3v) is 2.50. The van der Waals surface area contributed by atoms with Crippen LogP contribution in [0.1, 0.15) is 20.7 Å². The summed E-state index contributed by atoms with van der Waals surface area (Å²) >= 11 is 0. The molecule has 0 fully saturated rings. The van der Waals surface area contributed by atoms with E-state index in [0.717, 1.165) is 12.1 Å². The Morgan fingerprint density at radius 2 is 1.50 bits per heavy atom. The molecular formula is C14H10O6. The summed E-state index contributed by atoms with van der Waals surface area (Å²) in [6.07, 6.45) is 0. The lowest BCUT2D eigenvalue weighted by atomic mass is 10.2. The van der Waals surface area contributed by atoms with Crippen LogP contribution < -0.4 is 4.74 Å². The van der Waals surface area contributed by atoms with Crippen molar-refractivity contribution >= 4 is 11.9 Å². The van der Waals surface area contributed by atoms with Gasteiger partial charge < -0.3 is 20.1 Å². The predicted molar refractivity (Wildman–Crippen MR) is 68.1 cm³/mol. The van der Waals surface area contributed by atoms with Gasteiger partial charge in [0.05, 0.1) is 5.56 Å². The van der Waals surface area contributed by atoms with Gasteiger partial charge in [-0.2, -0.15) is 0 Å². The Kier molecular flexibility index (Phi) is 3.56.